The lowest BCUT2D eigenvalue weighted by Gasteiger charge is -2.27. The van der Waals surface area contributed by atoms with Crippen LogP contribution in [-0.4, -0.2) is 35.5 Å². The van der Waals surface area contributed by atoms with Crippen LogP contribution in [-0.2, 0) is 13.1 Å². The maximum absolute atomic E-state index is 3.56. The van der Waals surface area contributed by atoms with Gasteiger partial charge in [-0.3, -0.25) is 4.90 Å². The van der Waals surface area contributed by atoms with Crippen molar-refractivity contribution in [2.45, 2.75) is 58.8 Å². The lowest BCUT2D eigenvalue weighted by Crippen LogP contribution is -2.35. The van der Waals surface area contributed by atoms with Gasteiger partial charge in [0.15, 0.2) is 0 Å². The highest BCUT2D eigenvalue weighted by molar-refractivity contribution is 7.98. The van der Waals surface area contributed by atoms with Crippen molar-refractivity contribution in [3.8, 4) is 0 Å². The Balaban J connectivity index is 2.63. The fourth-order valence-corrected chi connectivity index (χ4v) is 3.25. The highest BCUT2D eigenvalue weighted by Crippen LogP contribution is 2.14. The Kier molecular flexibility index (Phi) is 7.78. The fraction of sp³-hybridized carbons (Fsp3) is 0.667. The molecule has 0 bridgehead atoms. The molecular formula is C18H32N2S. The van der Waals surface area contributed by atoms with Gasteiger partial charge in [-0.1, -0.05) is 31.2 Å². The van der Waals surface area contributed by atoms with Gasteiger partial charge in [0.05, 0.1) is 0 Å². The largest absolute Gasteiger partial charge is 0.308 e. The molecule has 0 heterocycles. The molecule has 1 N–H and O–H groups in total. The van der Waals surface area contributed by atoms with E-state index in [4.69, 9.17) is 0 Å². The summed E-state index contributed by atoms with van der Waals surface area (Å²) in [6.45, 7) is 10.9. The molecule has 1 aromatic carbocycles. The number of hydrogen-bond acceptors (Lipinski definition) is 3. The van der Waals surface area contributed by atoms with Crippen molar-refractivity contribution in [1.29, 1.82) is 0 Å². The number of rotatable bonds is 8. The summed E-state index contributed by atoms with van der Waals surface area (Å²) in [5.74, 6) is 1.21. The zero-order chi connectivity index (χ0) is 15.9. The summed E-state index contributed by atoms with van der Waals surface area (Å²) in [5.41, 5.74) is 2.94. The first kappa shape index (κ1) is 18.5. The summed E-state index contributed by atoms with van der Waals surface area (Å²) in [4.78, 5) is 2.48. The molecular weight excluding hydrogens is 276 g/mol. The van der Waals surface area contributed by atoms with Gasteiger partial charge in [-0.05, 0) is 51.6 Å². The third kappa shape index (κ3) is 7.35. The molecule has 1 atom stereocenters. The first-order valence-electron chi connectivity index (χ1n) is 7.87. The third-order valence-electron chi connectivity index (χ3n) is 3.70. The number of nitrogens with zero attached hydrogens (tertiary/aromatic N) is 1. The Hall–Kier alpha value is -0.510. The van der Waals surface area contributed by atoms with Crippen LogP contribution in [0.1, 0.15) is 45.2 Å². The van der Waals surface area contributed by atoms with Crippen LogP contribution in [0.15, 0.2) is 24.3 Å². The average Bonchev–Trinajstić information content (AvgIpc) is 2.42. The number of hydrogen-bond donors (Lipinski definition) is 1. The minimum Gasteiger partial charge on any atom is -0.308 e. The summed E-state index contributed by atoms with van der Waals surface area (Å²) < 4.78 is 0. The summed E-state index contributed by atoms with van der Waals surface area (Å²) in [6.07, 6.45) is 3.40. The van der Waals surface area contributed by atoms with Gasteiger partial charge in [0.1, 0.15) is 0 Å². The predicted octanol–water partition coefficient (Wildman–Crippen LogP) is 4.15. The minimum atomic E-state index is 0.165. The van der Waals surface area contributed by atoms with Crippen LogP contribution in [0.5, 0.6) is 0 Å². The van der Waals surface area contributed by atoms with Crippen LogP contribution in [0.2, 0.25) is 0 Å². The van der Waals surface area contributed by atoms with Gasteiger partial charge in [-0.15, -0.1) is 0 Å². The molecule has 0 fully saturated rings. The lowest BCUT2D eigenvalue weighted by molar-refractivity contribution is 0.248. The number of benzene rings is 1. The van der Waals surface area contributed by atoms with Gasteiger partial charge >= 0.3 is 0 Å². The van der Waals surface area contributed by atoms with Crippen LogP contribution in [0.4, 0.5) is 0 Å². The molecule has 1 aromatic rings. The maximum Gasteiger partial charge on any atom is 0.0234 e. The SMILES string of the molecule is CCC(CSC)N(C)Cc1cccc(CNC(C)(C)C)c1. The van der Waals surface area contributed by atoms with E-state index < -0.39 is 0 Å². The molecule has 1 rings (SSSR count). The zero-order valence-electron chi connectivity index (χ0n) is 14.6. The summed E-state index contributed by atoms with van der Waals surface area (Å²) >= 11 is 1.94. The molecule has 21 heavy (non-hydrogen) atoms. The third-order valence-corrected chi connectivity index (χ3v) is 4.42. The molecule has 0 aliphatic heterocycles. The maximum atomic E-state index is 3.56. The standard InChI is InChI=1S/C18H32N2S/c1-7-17(14-21-6)20(5)13-16-10-8-9-15(11-16)12-19-18(2,3)4/h8-11,17,19H,7,12-14H2,1-6H3. The summed E-state index contributed by atoms with van der Waals surface area (Å²) in [5, 5.41) is 3.56. The minimum absolute atomic E-state index is 0.165. The first-order chi connectivity index (χ1) is 9.85. The van der Waals surface area contributed by atoms with Gasteiger partial charge < -0.3 is 5.32 Å². The van der Waals surface area contributed by atoms with E-state index in [9.17, 15) is 0 Å². The average molecular weight is 309 g/mol. The van der Waals surface area contributed by atoms with Gasteiger partial charge in [-0.2, -0.15) is 11.8 Å². The Labute approximate surface area is 135 Å². The van der Waals surface area contributed by atoms with Crippen molar-refractivity contribution in [1.82, 2.24) is 10.2 Å². The van der Waals surface area contributed by atoms with Crippen LogP contribution in [0.3, 0.4) is 0 Å². The number of nitrogens with one attached hydrogen (secondary N) is 1. The number of thioether (sulfide) groups is 1. The quantitative estimate of drug-likeness (QED) is 0.777. The van der Waals surface area contributed by atoms with Crippen LogP contribution in [0.25, 0.3) is 0 Å². The second kappa shape index (κ2) is 8.82. The molecule has 0 saturated carbocycles. The Morgan fingerprint density at radius 3 is 2.48 bits per heavy atom. The Bertz CT molecular complexity index is 412. The Morgan fingerprint density at radius 2 is 1.90 bits per heavy atom. The van der Waals surface area contributed by atoms with Crippen molar-refractivity contribution in [3.05, 3.63) is 35.4 Å². The smallest absolute Gasteiger partial charge is 0.0234 e. The van der Waals surface area contributed by atoms with E-state index in [-0.39, 0.29) is 5.54 Å². The normalized spacial score (nSPS) is 13.7. The van der Waals surface area contributed by atoms with Crippen LogP contribution >= 0.6 is 11.8 Å². The molecule has 1 unspecified atom stereocenters. The molecule has 0 saturated heterocycles. The molecule has 0 aliphatic rings. The van der Waals surface area contributed by atoms with Crippen molar-refractivity contribution in [2.24, 2.45) is 0 Å². The van der Waals surface area contributed by atoms with Gasteiger partial charge in [0.25, 0.3) is 0 Å². The van der Waals surface area contributed by atoms with Gasteiger partial charge in [0.2, 0.25) is 0 Å². The van der Waals surface area contributed by atoms with Crippen molar-refractivity contribution < 1.29 is 0 Å². The van der Waals surface area contributed by atoms with E-state index in [0.29, 0.717) is 6.04 Å². The molecule has 0 radical (unpaired) electrons. The van der Waals surface area contributed by atoms with Gasteiger partial charge in [0, 0.05) is 30.4 Å². The zero-order valence-corrected chi connectivity index (χ0v) is 15.4. The summed E-state index contributed by atoms with van der Waals surface area (Å²) in [7, 11) is 2.24. The molecule has 2 nitrogen and oxygen atoms in total. The van der Waals surface area contributed by atoms with Gasteiger partial charge in [-0.25, -0.2) is 0 Å². The van der Waals surface area contributed by atoms with E-state index in [0.717, 1.165) is 13.1 Å². The molecule has 0 aromatic heterocycles. The van der Waals surface area contributed by atoms with Crippen molar-refractivity contribution >= 4 is 11.8 Å². The fourth-order valence-electron chi connectivity index (χ4n) is 2.37. The molecule has 3 heteroatoms. The molecule has 0 spiro atoms. The molecule has 120 valence electrons. The second-order valence-corrected chi connectivity index (χ2v) is 7.77. The Morgan fingerprint density at radius 1 is 1.24 bits per heavy atom. The summed E-state index contributed by atoms with van der Waals surface area (Å²) in [6, 6.07) is 9.63. The topological polar surface area (TPSA) is 15.3 Å². The van der Waals surface area contributed by atoms with E-state index in [1.807, 2.05) is 11.8 Å². The molecule has 0 aliphatic carbocycles. The lowest BCUT2D eigenvalue weighted by atomic mass is 10.1. The van der Waals surface area contributed by atoms with Crippen LogP contribution in [0, 0.1) is 0 Å². The van der Waals surface area contributed by atoms with Crippen molar-refractivity contribution in [2.75, 3.05) is 19.1 Å². The highest BCUT2D eigenvalue weighted by atomic mass is 32.2. The van der Waals surface area contributed by atoms with Crippen molar-refractivity contribution in [3.63, 3.8) is 0 Å². The second-order valence-electron chi connectivity index (χ2n) is 6.86. The van der Waals surface area contributed by atoms with E-state index in [1.165, 1.54) is 23.3 Å². The van der Waals surface area contributed by atoms with E-state index in [1.54, 1.807) is 0 Å². The monoisotopic (exact) mass is 308 g/mol. The van der Waals surface area contributed by atoms with E-state index in [2.05, 4.69) is 75.5 Å². The van der Waals surface area contributed by atoms with Crippen LogP contribution < -0.4 is 5.32 Å². The predicted molar refractivity (Wildman–Crippen MR) is 97.0 cm³/mol. The highest BCUT2D eigenvalue weighted by Gasteiger charge is 2.13. The first-order valence-corrected chi connectivity index (χ1v) is 9.27. The molecule has 0 amide bonds. The van der Waals surface area contributed by atoms with E-state index >= 15 is 0 Å².